The molecule has 5 nitrogen and oxygen atoms in total. The normalized spacial score (nSPS) is 23.1. The zero-order chi connectivity index (χ0) is 13.7. The number of hydrogen-bond acceptors (Lipinski definition) is 5. The summed E-state index contributed by atoms with van der Waals surface area (Å²) in [4.78, 5) is 8.57. The van der Waals surface area contributed by atoms with E-state index in [0.29, 0.717) is 0 Å². The maximum atomic E-state index is 10.0. The van der Waals surface area contributed by atoms with Crippen LogP contribution in [0.4, 0.5) is 11.6 Å². The molecule has 3 N–H and O–H groups in total. The average molecular weight is 264 g/mol. The van der Waals surface area contributed by atoms with Crippen LogP contribution in [0, 0.1) is 6.92 Å². The highest BCUT2D eigenvalue weighted by Gasteiger charge is 2.23. The van der Waals surface area contributed by atoms with Crippen LogP contribution < -0.4 is 10.6 Å². The van der Waals surface area contributed by atoms with E-state index in [2.05, 4.69) is 27.5 Å². The average Bonchev–Trinajstić information content (AvgIpc) is 2.42. The van der Waals surface area contributed by atoms with Gasteiger partial charge in [0, 0.05) is 12.1 Å². The molecule has 2 atom stereocenters. The lowest BCUT2D eigenvalue weighted by Gasteiger charge is -2.29. The predicted molar refractivity (Wildman–Crippen MR) is 77.4 cm³/mol. The minimum atomic E-state index is -0.268. The molecule has 0 bridgehead atoms. The molecule has 0 aliphatic heterocycles. The van der Waals surface area contributed by atoms with Gasteiger partial charge in [-0.05, 0) is 26.2 Å². The molecule has 1 aliphatic carbocycles. The second-order valence-corrected chi connectivity index (χ2v) is 5.23. The van der Waals surface area contributed by atoms with Gasteiger partial charge >= 0.3 is 0 Å². The van der Waals surface area contributed by atoms with Gasteiger partial charge in [0.2, 0.25) is 0 Å². The monoisotopic (exact) mass is 264 g/mol. The molecule has 5 heteroatoms. The highest BCUT2D eigenvalue weighted by molar-refractivity contribution is 5.56. The van der Waals surface area contributed by atoms with Gasteiger partial charge < -0.3 is 15.7 Å². The van der Waals surface area contributed by atoms with Crippen LogP contribution in [0.5, 0.6) is 0 Å². The predicted octanol–water partition coefficient (Wildman–Crippen LogP) is 2.32. The van der Waals surface area contributed by atoms with Crippen LogP contribution in [0.15, 0.2) is 6.33 Å². The number of nitrogens with zero attached hydrogens (tertiary/aromatic N) is 2. The van der Waals surface area contributed by atoms with E-state index < -0.39 is 0 Å². The number of aliphatic hydroxyl groups excluding tert-OH is 1. The molecule has 1 aromatic heterocycles. The van der Waals surface area contributed by atoms with Gasteiger partial charge in [-0.25, -0.2) is 9.97 Å². The van der Waals surface area contributed by atoms with Crippen LogP contribution in [0.3, 0.4) is 0 Å². The summed E-state index contributed by atoms with van der Waals surface area (Å²) < 4.78 is 0. The summed E-state index contributed by atoms with van der Waals surface area (Å²) in [6.07, 6.45) is 6.53. The van der Waals surface area contributed by atoms with Crippen LogP contribution in [-0.4, -0.2) is 33.8 Å². The highest BCUT2D eigenvalue weighted by Crippen LogP contribution is 2.24. The maximum Gasteiger partial charge on any atom is 0.134 e. The van der Waals surface area contributed by atoms with Gasteiger partial charge in [-0.3, -0.25) is 0 Å². The van der Waals surface area contributed by atoms with E-state index >= 15 is 0 Å². The number of nitrogens with one attached hydrogen (secondary N) is 2. The van der Waals surface area contributed by atoms with Crippen molar-refractivity contribution in [1.82, 2.24) is 9.97 Å². The van der Waals surface area contributed by atoms with Gasteiger partial charge in [0.1, 0.15) is 18.0 Å². The Balaban J connectivity index is 2.07. The summed E-state index contributed by atoms with van der Waals surface area (Å²) >= 11 is 0. The van der Waals surface area contributed by atoms with Gasteiger partial charge in [0.25, 0.3) is 0 Å². The van der Waals surface area contributed by atoms with Crippen molar-refractivity contribution in [1.29, 1.82) is 0 Å². The molecule has 19 heavy (non-hydrogen) atoms. The second kappa shape index (κ2) is 6.70. The van der Waals surface area contributed by atoms with Gasteiger partial charge in [0.05, 0.1) is 12.1 Å². The highest BCUT2D eigenvalue weighted by atomic mass is 16.3. The van der Waals surface area contributed by atoms with Crippen molar-refractivity contribution in [2.24, 2.45) is 0 Å². The summed E-state index contributed by atoms with van der Waals surface area (Å²) in [5.41, 5.74) is 1.02. The number of aromatic nitrogens is 2. The molecule has 1 aromatic rings. The fraction of sp³-hybridized carbons (Fsp3) is 0.714. The third kappa shape index (κ3) is 3.56. The summed E-state index contributed by atoms with van der Waals surface area (Å²) in [5, 5.41) is 16.7. The Morgan fingerprint density at radius 1 is 1.26 bits per heavy atom. The molecule has 1 saturated carbocycles. The van der Waals surface area contributed by atoms with Crippen LogP contribution in [0.2, 0.25) is 0 Å². The molecule has 2 rings (SSSR count). The molecule has 106 valence electrons. The zero-order valence-corrected chi connectivity index (χ0v) is 11.8. The number of anilines is 2. The van der Waals surface area contributed by atoms with E-state index in [9.17, 15) is 5.11 Å². The molecule has 2 unspecified atom stereocenters. The molecule has 0 spiro atoms. The number of rotatable bonds is 5. The smallest absolute Gasteiger partial charge is 0.134 e. The first kappa shape index (κ1) is 14.1. The first-order valence-corrected chi connectivity index (χ1v) is 7.22. The van der Waals surface area contributed by atoms with Crippen LogP contribution >= 0.6 is 0 Å². The van der Waals surface area contributed by atoms with Crippen molar-refractivity contribution in [2.45, 2.75) is 58.1 Å². The van der Waals surface area contributed by atoms with E-state index in [4.69, 9.17) is 0 Å². The Hall–Kier alpha value is -1.36. The third-order valence-electron chi connectivity index (χ3n) is 3.68. The van der Waals surface area contributed by atoms with Gasteiger partial charge in [-0.2, -0.15) is 0 Å². The van der Waals surface area contributed by atoms with Gasteiger partial charge in [0.15, 0.2) is 0 Å². The topological polar surface area (TPSA) is 70.1 Å². The summed E-state index contributed by atoms with van der Waals surface area (Å²) in [6, 6.07) is 0.112. The van der Waals surface area contributed by atoms with Crippen molar-refractivity contribution in [3.63, 3.8) is 0 Å². The molecule has 0 amide bonds. The second-order valence-electron chi connectivity index (χ2n) is 5.23. The zero-order valence-electron chi connectivity index (χ0n) is 11.8. The Morgan fingerprint density at radius 3 is 2.74 bits per heavy atom. The Labute approximate surface area is 114 Å². The number of hydrogen-bond donors (Lipinski definition) is 3. The van der Waals surface area contributed by atoms with E-state index in [1.165, 1.54) is 6.42 Å². The van der Waals surface area contributed by atoms with Crippen molar-refractivity contribution in [3.05, 3.63) is 11.9 Å². The van der Waals surface area contributed by atoms with Crippen LogP contribution in [0.1, 0.15) is 44.6 Å². The quantitative estimate of drug-likeness (QED) is 0.761. The number of aliphatic hydroxyl groups is 1. The lowest BCUT2D eigenvalue weighted by Crippen LogP contribution is -2.36. The fourth-order valence-electron chi connectivity index (χ4n) is 2.47. The molecule has 0 saturated heterocycles. The lowest BCUT2D eigenvalue weighted by atomic mass is 9.92. The third-order valence-corrected chi connectivity index (χ3v) is 3.68. The fourth-order valence-corrected chi connectivity index (χ4v) is 2.47. The van der Waals surface area contributed by atoms with E-state index in [0.717, 1.165) is 49.4 Å². The minimum absolute atomic E-state index is 0.112. The molecule has 1 aliphatic rings. The molecule has 0 radical (unpaired) electrons. The molecule has 0 aromatic carbocycles. The summed E-state index contributed by atoms with van der Waals surface area (Å²) in [7, 11) is 0. The van der Waals surface area contributed by atoms with Gasteiger partial charge in [-0.1, -0.05) is 19.8 Å². The Morgan fingerprint density at radius 2 is 2.00 bits per heavy atom. The largest absolute Gasteiger partial charge is 0.391 e. The SMILES string of the molecule is CCCNc1ncnc(NC2CCCCC2O)c1C. The minimum Gasteiger partial charge on any atom is -0.391 e. The van der Waals surface area contributed by atoms with Crippen LogP contribution in [-0.2, 0) is 0 Å². The Bertz CT molecular complexity index is 410. The van der Waals surface area contributed by atoms with E-state index in [1.54, 1.807) is 6.33 Å². The van der Waals surface area contributed by atoms with Crippen molar-refractivity contribution in [3.8, 4) is 0 Å². The Kier molecular flexibility index (Phi) is 4.96. The van der Waals surface area contributed by atoms with E-state index in [-0.39, 0.29) is 12.1 Å². The van der Waals surface area contributed by atoms with Crippen molar-refractivity contribution < 1.29 is 5.11 Å². The first-order chi connectivity index (χ1) is 9.22. The van der Waals surface area contributed by atoms with Crippen molar-refractivity contribution >= 4 is 11.6 Å². The first-order valence-electron chi connectivity index (χ1n) is 7.22. The summed E-state index contributed by atoms with van der Waals surface area (Å²) in [5.74, 6) is 1.71. The summed E-state index contributed by atoms with van der Waals surface area (Å²) in [6.45, 7) is 5.04. The van der Waals surface area contributed by atoms with E-state index in [1.807, 2.05) is 6.92 Å². The maximum absolute atomic E-state index is 10.0. The standard InChI is InChI=1S/C14H24N4O/c1-3-8-15-13-10(2)14(17-9-16-13)18-11-6-4-5-7-12(11)19/h9,11-12,19H,3-8H2,1-2H3,(H2,15,16,17,18). The lowest BCUT2D eigenvalue weighted by molar-refractivity contribution is 0.116. The molecule has 1 heterocycles. The van der Waals surface area contributed by atoms with Gasteiger partial charge in [-0.15, -0.1) is 0 Å². The molecular formula is C14H24N4O. The molecule has 1 fully saturated rings. The molecular weight excluding hydrogens is 240 g/mol. The van der Waals surface area contributed by atoms with Crippen molar-refractivity contribution in [2.75, 3.05) is 17.2 Å². The van der Waals surface area contributed by atoms with Crippen LogP contribution in [0.25, 0.3) is 0 Å².